The summed E-state index contributed by atoms with van der Waals surface area (Å²) in [7, 11) is 0. The van der Waals surface area contributed by atoms with Crippen LogP contribution in [0.25, 0.3) is 0 Å². The quantitative estimate of drug-likeness (QED) is 0.553. The predicted molar refractivity (Wildman–Crippen MR) is 109 cm³/mol. The largest absolute Gasteiger partial charge is 0.284 e. The molecule has 1 amide bonds. The zero-order valence-electron chi connectivity index (χ0n) is 15.1. The summed E-state index contributed by atoms with van der Waals surface area (Å²) in [5, 5.41) is 9.20. The molecule has 2 aromatic carbocycles. The molecule has 0 N–H and O–H groups in total. The zero-order valence-corrected chi connectivity index (χ0v) is 15.9. The molecule has 0 aliphatic carbocycles. The Bertz CT molecular complexity index is 817. The molecule has 1 aliphatic rings. The Kier molecular flexibility index (Phi) is 6.23. The average Bonchev–Trinajstić information content (AvgIpc) is 2.94. The van der Waals surface area contributed by atoms with Crippen molar-refractivity contribution >= 4 is 29.1 Å². The highest BCUT2D eigenvalue weighted by molar-refractivity contribution is 8.15. The minimum atomic E-state index is -0.0605. The predicted octanol–water partition coefficient (Wildman–Crippen LogP) is 4.63. The molecule has 1 atom stereocenters. The lowest BCUT2D eigenvalue weighted by atomic mass is 10.1. The van der Waals surface area contributed by atoms with E-state index in [9.17, 15) is 4.79 Å². The van der Waals surface area contributed by atoms with Crippen molar-refractivity contribution < 1.29 is 4.79 Å². The fourth-order valence-electron chi connectivity index (χ4n) is 2.82. The summed E-state index contributed by atoms with van der Waals surface area (Å²) >= 11 is 1.52. The fraction of sp³-hybridized carbons (Fsp3) is 0.286. The molecule has 134 valence electrons. The summed E-state index contributed by atoms with van der Waals surface area (Å²) in [5.41, 5.74) is 3.30. The highest BCUT2D eigenvalue weighted by Gasteiger charge is 2.37. The second-order valence-electron chi connectivity index (χ2n) is 6.28. The Balaban J connectivity index is 1.82. The molecular weight excluding hydrogens is 342 g/mol. The van der Waals surface area contributed by atoms with Crippen LogP contribution < -0.4 is 0 Å². The Labute approximate surface area is 159 Å². The van der Waals surface area contributed by atoms with Gasteiger partial charge in [0.2, 0.25) is 5.91 Å². The molecule has 3 rings (SSSR count). The lowest BCUT2D eigenvalue weighted by Gasteiger charge is -2.17. The van der Waals surface area contributed by atoms with Crippen LogP contribution in [0.2, 0.25) is 0 Å². The van der Waals surface area contributed by atoms with Crippen molar-refractivity contribution in [1.29, 1.82) is 0 Å². The molecule has 0 spiro atoms. The lowest BCUT2D eigenvalue weighted by Crippen LogP contribution is -2.31. The van der Waals surface area contributed by atoms with Crippen molar-refractivity contribution in [1.82, 2.24) is 4.90 Å². The number of hydrogen-bond donors (Lipinski definition) is 0. The van der Waals surface area contributed by atoms with Gasteiger partial charge in [0.25, 0.3) is 0 Å². The van der Waals surface area contributed by atoms with Crippen molar-refractivity contribution in [3.63, 3.8) is 0 Å². The van der Waals surface area contributed by atoms with Crippen LogP contribution in [-0.2, 0) is 11.3 Å². The summed E-state index contributed by atoms with van der Waals surface area (Å²) in [6, 6.07) is 18.0. The second-order valence-corrected chi connectivity index (χ2v) is 7.45. The summed E-state index contributed by atoms with van der Waals surface area (Å²) in [6.07, 6.45) is 3.55. The van der Waals surface area contributed by atoms with Gasteiger partial charge in [-0.2, -0.15) is 5.10 Å². The molecule has 0 unspecified atom stereocenters. The van der Waals surface area contributed by atoms with Crippen LogP contribution >= 0.6 is 11.8 Å². The Morgan fingerprint density at radius 2 is 1.85 bits per heavy atom. The maximum Gasteiger partial charge on any atom is 0.242 e. The van der Waals surface area contributed by atoms with Gasteiger partial charge in [-0.25, -0.2) is 0 Å². The molecule has 0 saturated carbocycles. The van der Waals surface area contributed by atoms with Gasteiger partial charge in [0.1, 0.15) is 0 Å². The molecule has 2 aromatic rings. The van der Waals surface area contributed by atoms with Crippen LogP contribution in [0.3, 0.4) is 0 Å². The van der Waals surface area contributed by atoms with Crippen molar-refractivity contribution in [3.05, 3.63) is 71.3 Å². The van der Waals surface area contributed by atoms with Gasteiger partial charge in [0.15, 0.2) is 5.17 Å². The first kappa shape index (κ1) is 18.4. The zero-order chi connectivity index (χ0) is 18.4. The smallest absolute Gasteiger partial charge is 0.242 e. The minimum absolute atomic E-state index is 0.0605. The first-order valence-corrected chi connectivity index (χ1v) is 9.75. The van der Waals surface area contributed by atoms with Gasteiger partial charge in [0.05, 0.1) is 18.0 Å². The number of rotatable bonds is 6. The molecule has 1 heterocycles. The molecule has 1 fully saturated rings. The molecule has 26 heavy (non-hydrogen) atoms. The number of nitrogens with zero attached hydrogens (tertiary/aromatic N) is 3. The van der Waals surface area contributed by atoms with E-state index in [-0.39, 0.29) is 11.2 Å². The standard InChI is InChI=1S/C21H23N3OS/c1-3-9-19-20(25)24(15-18-13-8-7-10-16(18)2)21(26-19)23-22-14-17-11-5-4-6-12-17/h4-8,10-14,19H,3,9,15H2,1-2H3/b22-14-,23-21-/t19-/m0/s1. The van der Waals surface area contributed by atoms with Crippen LogP contribution in [0.5, 0.6) is 0 Å². The Morgan fingerprint density at radius 3 is 2.58 bits per heavy atom. The van der Waals surface area contributed by atoms with Gasteiger partial charge in [-0.05, 0) is 30.0 Å². The van der Waals surface area contributed by atoms with E-state index in [1.165, 1.54) is 17.3 Å². The van der Waals surface area contributed by atoms with E-state index >= 15 is 0 Å². The summed E-state index contributed by atoms with van der Waals surface area (Å²) in [5.74, 6) is 0.133. The number of carbonyl (C=O) groups excluding carboxylic acids is 1. The van der Waals surface area contributed by atoms with Crippen LogP contribution in [0.1, 0.15) is 36.5 Å². The number of benzene rings is 2. The molecule has 0 aromatic heterocycles. The molecule has 5 heteroatoms. The maximum absolute atomic E-state index is 12.8. The second kappa shape index (κ2) is 8.81. The maximum atomic E-state index is 12.8. The van der Waals surface area contributed by atoms with E-state index in [2.05, 4.69) is 36.2 Å². The number of carbonyl (C=O) groups is 1. The minimum Gasteiger partial charge on any atom is -0.284 e. The van der Waals surface area contributed by atoms with Crippen LogP contribution in [0.4, 0.5) is 0 Å². The number of amidine groups is 1. The molecule has 4 nitrogen and oxygen atoms in total. The van der Waals surface area contributed by atoms with Gasteiger partial charge in [-0.15, -0.1) is 5.10 Å². The first-order valence-electron chi connectivity index (χ1n) is 8.87. The third-order valence-electron chi connectivity index (χ3n) is 4.31. The number of thioether (sulfide) groups is 1. The van der Waals surface area contributed by atoms with E-state index in [1.54, 1.807) is 11.1 Å². The van der Waals surface area contributed by atoms with E-state index in [1.807, 2.05) is 42.5 Å². The summed E-state index contributed by atoms with van der Waals surface area (Å²) in [6.45, 7) is 4.71. The highest BCUT2D eigenvalue weighted by Crippen LogP contribution is 2.32. The number of aryl methyl sites for hydroxylation is 1. The summed E-state index contributed by atoms with van der Waals surface area (Å²) < 4.78 is 0. The van der Waals surface area contributed by atoms with Crippen molar-refractivity contribution in [2.75, 3.05) is 0 Å². The molecule has 1 saturated heterocycles. The van der Waals surface area contributed by atoms with Crippen LogP contribution in [0.15, 0.2) is 64.8 Å². The molecular formula is C21H23N3OS. The van der Waals surface area contributed by atoms with Crippen molar-refractivity contribution in [2.24, 2.45) is 10.2 Å². The monoisotopic (exact) mass is 365 g/mol. The molecule has 0 radical (unpaired) electrons. The third-order valence-corrected chi connectivity index (χ3v) is 5.54. The lowest BCUT2D eigenvalue weighted by molar-refractivity contribution is -0.126. The van der Waals surface area contributed by atoms with Gasteiger partial charge >= 0.3 is 0 Å². The normalized spacial score (nSPS) is 19.0. The first-order chi connectivity index (χ1) is 12.7. The van der Waals surface area contributed by atoms with E-state index in [0.717, 1.165) is 24.0 Å². The highest BCUT2D eigenvalue weighted by atomic mass is 32.2. The van der Waals surface area contributed by atoms with E-state index in [0.29, 0.717) is 11.7 Å². The van der Waals surface area contributed by atoms with Crippen molar-refractivity contribution in [3.8, 4) is 0 Å². The number of amides is 1. The van der Waals surface area contributed by atoms with Gasteiger partial charge in [-0.3, -0.25) is 9.69 Å². The number of hydrogen-bond acceptors (Lipinski definition) is 4. The van der Waals surface area contributed by atoms with Crippen LogP contribution in [0, 0.1) is 6.92 Å². The molecule has 1 aliphatic heterocycles. The van der Waals surface area contributed by atoms with E-state index in [4.69, 9.17) is 0 Å². The summed E-state index contributed by atoms with van der Waals surface area (Å²) in [4.78, 5) is 14.6. The molecule has 0 bridgehead atoms. The van der Waals surface area contributed by atoms with Gasteiger partial charge in [0, 0.05) is 0 Å². The topological polar surface area (TPSA) is 45.0 Å². The van der Waals surface area contributed by atoms with Crippen molar-refractivity contribution in [2.45, 2.75) is 38.5 Å². The fourth-order valence-corrected chi connectivity index (χ4v) is 4.03. The van der Waals surface area contributed by atoms with Gasteiger partial charge in [-0.1, -0.05) is 79.7 Å². The van der Waals surface area contributed by atoms with E-state index < -0.39 is 0 Å². The van der Waals surface area contributed by atoms with Crippen LogP contribution in [-0.4, -0.2) is 27.4 Å². The third kappa shape index (κ3) is 4.41. The van der Waals surface area contributed by atoms with Gasteiger partial charge < -0.3 is 0 Å². The average molecular weight is 366 g/mol. The Morgan fingerprint density at radius 1 is 1.12 bits per heavy atom. The Hall–Kier alpha value is -2.40. The SMILES string of the molecule is CCC[C@@H]1S/C(=N\N=C/c2ccccc2)N(Cc2ccccc2C)C1=O.